The number of amidine groups is 1. The smallest absolute Gasteiger partial charge is 0.140 e. The number of allylic oxidation sites excluding steroid dienone is 1. The van der Waals surface area contributed by atoms with Gasteiger partial charge in [0.1, 0.15) is 17.5 Å². The van der Waals surface area contributed by atoms with Crippen molar-refractivity contribution in [2.24, 2.45) is 10.7 Å². The minimum atomic E-state index is -0.0136. The molecule has 7 heteroatoms. The van der Waals surface area contributed by atoms with Gasteiger partial charge < -0.3 is 16.0 Å². The summed E-state index contributed by atoms with van der Waals surface area (Å²) in [6.45, 7) is 10.5. The lowest BCUT2D eigenvalue weighted by atomic mass is 9.98. The van der Waals surface area contributed by atoms with Gasteiger partial charge in [0.05, 0.1) is 17.4 Å². The van der Waals surface area contributed by atoms with E-state index in [-0.39, 0.29) is 5.92 Å². The third kappa shape index (κ3) is 5.88. The van der Waals surface area contributed by atoms with Crippen molar-refractivity contribution in [2.45, 2.75) is 76.2 Å². The van der Waals surface area contributed by atoms with Crippen molar-refractivity contribution in [1.82, 2.24) is 20.3 Å². The highest BCUT2D eigenvalue weighted by Gasteiger charge is 2.30. The fraction of sp³-hybridized carbons (Fsp3) is 0.484. The summed E-state index contributed by atoms with van der Waals surface area (Å²) in [6.07, 6.45) is 11.8. The summed E-state index contributed by atoms with van der Waals surface area (Å²) in [5.41, 5.74) is 10.9. The van der Waals surface area contributed by atoms with Crippen LogP contribution in [0.1, 0.15) is 87.1 Å². The molecule has 1 atom stereocenters. The van der Waals surface area contributed by atoms with E-state index in [1.807, 2.05) is 30.6 Å². The van der Waals surface area contributed by atoms with Crippen LogP contribution in [0.3, 0.4) is 0 Å². The van der Waals surface area contributed by atoms with Gasteiger partial charge in [0.2, 0.25) is 0 Å². The van der Waals surface area contributed by atoms with Crippen LogP contribution in [0.5, 0.6) is 0 Å². The summed E-state index contributed by atoms with van der Waals surface area (Å²) in [4.78, 5) is 22.0. The first-order chi connectivity index (χ1) is 18.4. The first kappa shape index (κ1) is 26.3. The van der Waals surface area contributed by atoms with Gasteiger partial charge in [0, 0.05) is 37.0 Å². The van der Waals surface area contributed by atoms with Crippen LogP contribution in [-0.2, 0) is 0 Å². The monoisotopic (exact) mass is 511 g/mol. The second-order valence-corrected chi connectivity index (χ2v) is 11.2. The van der Waals surface area contributed by atoms with Crippen molar-refractivity contribution in [3.05, 3.63) is 66.3 Å². The molecule has 5 rings (SSSR count). The Morgan fingerprint density at radius 2 is 1.87 bits per heavy atom. The molecule has 0 radical (unpaired) electrons. The Labute approximate surface area is 226 Å². The highest BCUT2D eigenvalue weighted by molar-refractivity contribution is 5.93. The van der Waals surface area contributed by atoms with Crippen molar-refractivity contribution in [3.8, 4) is 0 Å². The molecule has 1 aliphatic heterocycles. The average Bonchev–Trinajstić information content (AvgIpc) is 3.78. The number of pyridine rings is 1. The average molecular weight is 512 g/mol. The molecule has 2 aliphatic rings. The molecular formula is C31H41N7. The maximum atomic E-state index is 6.50. The van der Waals surface area contributed by atoms with Crippen LogP contribution in [0.2, 0.25) is 0 Å². The summed E-state index contributed by atoms with van der Waals surface area (Å²) >= 11 is 0. The summed E-state index contributed by atoms with van der Waals surface area (Å²) in [5.74, 6) is 3.43. The number of aromatic nitrogens is 3. The van der Waals surface area contributed by atoms with Gasteiger partial charge in [-0.05, 0) is 80.3 Å². The number of rotatable bonds is 10. The molecule has 3 N–H and O–H groups in total. The normalized spacial score (nSPS) is 17.6. The van der Waals surface area contributed by atoms with Crippen molar-refractivity contribution in [1.29, 1.82) is 0 Å². The maximum Gasteiger partial charge on any atom is 0.140 e. The van der Waals surface area contributed by atoms with Gasteiger partial charge in [0.25, 0.3) is 0 Å². The van der Waals surface area contributed by atoms with Crippen LogP contribution in [0.15, 0.2) is 54.3 Å². The molecule has 1 aromatic carbocycles. The number of nitrogens with zero attached hydrogens (tertiary/aromatic N) is 5. The Morgan fingerprint density at radius 1 is 1.13 bits per heavy atom. The number of piperidine rings is 1. The molecule has 1 saturated carbocycles. The van der Waals surface area contributed by atoms with E-state index in [2.05, 4.69) is 54.8 Å². The van der Waals surface area contributed by atoms with E-state index in [1.54, 1.807) is 0 Å². The quantitative estimate of drug-likeness (QED) is 0.198. The molecule has 2 aromatic heterocycles. The molecule has 0 spiro atoms. The molecule has 3 aromatic rings. The summed E-state index contributed by atoms with van der Waals surface area (Å²) in [5, 5.41) is 4.65. The SMILES string of the molecule is C=CCC(CC(N)=Nc1ccc(C(C)C)cc1)c1nc(N(C)C2CCNCC2)c2c(C3CC3)cncc2n1. The molecule has 1 saturated heterocycles. The van der Waals surface area contributed by atoms with E-state index >= 15 is 0 Å². The molecule has 1 unspecified atom stereocenters. The van der Waals surface area contributed by atoms with Crippen LogP contribution >= 0.6 is 0 Å². The van der Waals surface area contributed by atoms with Gasteiger partial charge in [-0.1, -0.05) is 32.1 Å². The van der Waals surface area contributed by atoms with E-state index in [1.165, 1.54) is 24.0 Å². The highest BCUT2D eigenvalue weighted by atomic mass is 15.2. The first-order valence-corrected chi connectivity index (χ1v) is 14.1. The lowest BCUT2D eigenvalue weighted by Gasteiger charge is -2.34. The lowest BCUT2D eigenvalue weighted by molar-refractivity contribution is 0.441. The van der Waals surface area contributed by atoms with Crippen molar-refractivity contribution in [3.63, 3.8) is 0 Å². The summed E-state index contributed by atoms with van der Waals surface area (Å²) < 4.78 is 0. The van der Waals surface area contributed by atoms with Gasteiger partial charge in [-0.15, -0.1) is 6.58 Å². The molecule has 0 amide bonds. The lowest BCUT2D eigenvalue weighted by Crippen LogP contribution is -2.41. The number of anilines is 1. The van der Waals surface area contributed by atoms with Crippen LogP contribution in [0.4, 0.5) is 11.5 Å². The number of nitrogens with one attached hydrogen (secondary N) is 1. The Balaban J connectivity index is 1.50. The number of fused-ring (bicyclic) bond motifs is 1. The van der Waals surface area contributed by atoms with Crippen molar-refractivity contribution in [2.75, 3.05) is 25.0 Å². The summed E-state index contributed by atoms with van der Waals surface area (Å²) in [6, 6.07) is 8.76. The first-order valence-electron chi connectivity index (χ1n) is 14.1. The zero-order valence-electron chi connectivity index (χ0n) is 23.0. The predicted molar refractivity (Wildman–Crippen MR) is 158 cm³/mol. The molecule has 38 heavy (non-hydrogen) atoms. The molecule has 0 bridgehead atoms. The number of hydrogen-bond acceptors (Lipinski definition) is 6. The molecule has 3 heterocycles. The third-order valence-electron chi connectivity index (χ3n) is 7.95. The van der Waals surface area contributed by atoms with E-state index in [9.17, 15) is 0 Å². The van der Waals surface area contributed by atoms with Crippen LogP contribution < -0.4 is 16.0 Å². The molecule has 1 aliphatic carbocycles. The Kier molecular flexibility index (Phi) is 8.03. The highest BCUT2D eigenvalue weighted by Crippen LogP contribution is 2.45. The largest absolute Gasteiger partial charge is 0.387 e. The topological polar surface area (TPSA) is 92.3 Å². The van der Waals surface area contributed by atoms with Gasteiger partial charge in [-0.25, -0.2) is 15.0 Å². The zero-order valence-corrected chi connectivity index (χ0v) is 23.0. The van der Waals surface area contributed by atoms with Crippen LogP contribution in [-0.4, -0.2) is 47.0 Å². The van der Waals surface area contributed by atoms with E-state index in [4.69, 9.17) is 20.7 Å². The zero-order chi connectivity index (χ0) is 26.6. The molecule has 7 nitrogen and oxygen atoms in total. The molecule has 2 fully saturated rings. The van der Waals surface area contributed by atoms with Crippen molar-refractivity contribution >= 4 is 28.2 Å². The minimum absolute atomic E-state index is 0.0136. The van der Waals surface area contributed by atoms with Crippen molar-refractivity contribution < 1.29 is 0 Å². The van der Waals surface area contributed by atoms with E-state index < -0.39 is 0 Å². The van der Waals surface area contributed by atoms with Gasteiger partial charge in [0.15, 0.2) is 0 Å². The Hall–Kier alpha value is -3.32. The molecular weight excluding hydrogens is 470 g/mol. The van der Waals surface area contributed by atoms with E-state index in [0.29, 0.717) is 30.1 Å². The minimum Gasteiger partial charge on any atom is -0.387 e. The Bertz CT molecular complexity index is 1290. The third-order valence-corrected chi connectivity index (χ3v) is 7.95. The van der Waals surface area contributed by atoms with Gasteiger partial charge in [-0.3, -0.25) is 4.98 Å². The molecule has 200 valence electrons. The van der Waals surface area contributed by atoms with Crippen LogP contribution in [0.25, 0.3) is 10.9 Å². The maximum absolute atomic E-state index is 6.50. The predicted octanol–water partition coefficient (Wildman–Crippen LogP) is 5.95. The van der Waals surface area contributed by atoms with E-state index in [0.717, 1.165) is 60.6 Å². The Morgan fingerprint density at radius 3 is 2.53 bits per heavy atom. The number of nitrogens with two attached hydrogens (primary N) is 1. The number of aliphatic imine (C=N–C) groups is 1. The number of benzene rings is 1. The van der Waals surface area contributed by atoms with Gasteiger partial charge >= 0.3 is 0 Å². The van der Waals surface area contributed by atoms with Gasteiger partial charge in [-0.2, -0.15) is 0 Å². The fourth-order valence-electron chi connectivity index (χ4n) is 5.49. The number of hydrogen-bond donors (Lipinski definition) is 2. The fourth-order valence-corrected chi connectivity index (χ4v) is 5.49. The second kappa shape index (κ2) is 11.6. The van der Waals surface area contributed by atoms with Crippen LogP contribution in [0, 0.1) is 0 Å². The second-order valence-electron chi connectivity index (χ2n) is 11.2. The standard InChI is InChI=1S/C31H41N7/c1-5-6-23(17-28(32)35-24-11-9-21(10-12-24)20(2)3)30-36-27-19-34-18-26(22-7-8-22)29(27)31(37-30)38(4)25-13-15-33-16-14-25/h5,9-12,18-20,22-23,25,33H,1,6-8,13-17H2,2-4H3,(H2,32,35). The summed E-state index contributed by atoms with van der Waals surface area (Å²) in [7, 11) is 2.19.